The molecule has 1 aromatic rings. The van der Waals surface area contributed by atoms with E-state index in [1.54, 1.807) is 18.2 Å². The number of urea groups is 1. The number of primary amides is 1. The maximum Gasteiger partial charge on any atom is 0.316 e. The molecule has 1 aliphatic rings. The van der Waals surface area contributed by atoms with E-state index < -0.39 is 17.5 Å². The highest BCUT2D eigenvalue weighted by Gasteiger charge is 2.40. The topological polar surface area (TPSA) is 122 Å². The Kier molecular flexibility index (Phi) is 4.11. The van der Waals surface area contributed by atoms with Gasteiger partial charge < -0.3 is 21.5 Å². The Morgan fingerprint density at radius 3 is 2.52 bits per heavy atom. The molecule has 0 radical (unpaired) electrons. The Morgan fingerprint density at radius 1 is 1.29 bits per heavy atom. The first-order chi connectivity index (χ1) is 9.90. The van der Waals surface area contributed by atoms with Gasteiger partial charge in [-0.25, -0.2) is 4.79 Å². The first-order valence-corrected chi connectivity index (χ1v) is 6.61. The van der Waals surface area contributed by atoms with Gasteiger partial charge in [0.15, 0.2) is 0 Å². The lowest BCUT2D eigenvalue weighted by atomic mass is 9.74. The molecule has 0 aromatic heterocycles. The normalized spacial score (nSPS) is 15.6. The van der Waals surface area contributed by atoms with Crippen LogP contribution in [0.5, 0.6) is 0 Å². The zero-order chi connectivity index (χ0) is 15.5. The second-order valence-electron chi connectivity index (χ2n) is 5.23. The molecule has 21 heavy (non-hydrogen) atoms. The van der Waals surface area contributed by atoms with Crippen LogP contribution in [0.1, 0.15) is 36.0 Å². The fraction of sp³-hybridized carbons (Fsp3) is 0.357. The quantitative estimate of drug-likeness (QED) is 0.653. The van der Waals surface area contributed by atoms with Crippen molar-refractivity contribution in [3.63, 3.8) is 0 Å². The summed E-state index contributed by atoms with van der Waals surface area (Å²) in [7, 11) is 0. The molecule has 0 aliphatic heterocycles. The number of hydrogen-bond acceptors (Lipinski definition) is 3. The zero-order valence-corrected chi connectivity index (χ0v) is 11.4. The minimum atomic E-state index is -0.931. The van der Waals surface area contributed by atoms with Gasteiger partial charge in [-0.1, -0.05) is 6.07 Å². The number of rotatable bonds is 5. The summed E-state index contributed by atoms with van der Waals surface area (Å²) < 4.78 is 0. The molecule has 0 unspecified atom stereocenters. The number of carboxylic acids is 1. The third kappa shape index (κ3) is 3.71. The van der Waals surface area contributed by atoms with E-state index in [1.807, 2.05) is 0 Å². The van der Waals surface area contributed by atoms with E-state index in [2.05, 4.69) is 10.6 Å². The molecular formula is C14H17N3O4. The largest absolute Gasteiger partial charge is 0.481 e. The maximum atomic E-state index is 12.2. The lowest BCUT2D eigenvalue weighted by Crippen LogP contribution is -2.54. The van der Waals surface area contributed by atoms with Gasteiger partial charge in [-0.2, -0.15) is 0 Å². The lowest BCUT2D eigenvalue weighted by molar-refractivity contribution is -0.139. The van der Waals surface area contributed by atoms with Crippen LogP contribution in [0.15, 0.2) is 24.3 Å². The second-order valence-corrected chi connectivity index (χ2v) is 5.23. The summed E-state index contributed by atoms with van der Waals surface area (Å²) in [5.74, 6) is -1.29. The maximum absolute atomic E-state index is 12.2. The molecule has 0 saturated heterocycles. The summed E-state index contributed by atoms with van der Waals surface area (Å²) in [5.41, 5.74) is 5.12. The number of aliphatic carboxylic acids is 1. The SMILES string of the molecule is NC(=O)Nc1cccc(C(=O)NC2(CC(=O)O)CCC2)c1. The highest BCUT2D eigenvalue weighted by molar-refractivity contribution is 5.97. The van der Waals surface area contributed by atoms with Crippen LogP contribution in [0.4, 0.5) is 10.5 Å². The van der Waals surface area contributed by atoms with E-state index in [0.717, 1.165) is 6.42 Å². The number of carboxylic acid groups (broad SMARTS) is 1. The van der Waals surface area contributed by atoms with Crippen molar-refractivity contribution >= 4 is 23.6 Å². The summed E-state index contributed by atoms with van der Waals surface area (Å²) >= 11 is 0. The van der Waals surface area contributed by atoms with Gasteiger partial charge in [0, 0.05) is 11.3 Å². The Morgan fingerprint density at radius 2 is 2.00 bits per heavy atom. The van der Waals surface area contributed by atoms with Crippen LogP contribution in [0.3, 0.4) is 0 Å². The van der Waals surface area contributed by atoms with Crippen molar-refractivity contribution < 1.29 is 19.5 Å². The van der Waals surface area contributed by atoms with Crippen molar-refractivity contribution in [1.29, 1.82) is 0 Å². The van der Waals surface area contributed by atoms with E-state index in [1.165, 1.54) is 6.07 Å². The fourth-order valence-electron chi connectivity index (χ4n) is 2.43. The highest BCUT2D eigenvalue weighted by Crippen LogP contribution is 2.35. The number of hydrogen-bond donors (Lipinski definition) is 4. The van der Waals surface area contributed by atoms with Crippen LogP contribution in [-0.4, -0.2) is 28.6 Å². The smallest absolute Gasteiger partial charge is 0.316 e. The number of carbonyl (C=O) groups is 3. The second kappa shape index (κ2) is 5.82. The minimum Gasteiger partial charge on any atom is -0.481 e. The van der Waals surface area contributed by atoms with Crippen LogP contribution >= 0.6 is 0 Å². The molecule has 1 saturated carbocycles. The number of nitrogens with one attached hydrogen (secondary N) is 2. The van der Waals surface area contributed by atoms with Gasteiger partial charge >= 0.3 is 12.0 Å². The van der Waals surface area contributed by atoms with Gasteiger partial charge in [-0.15, -0.1) is 0 Å². The van der Waals surface area contributed by atoms with Gasteiger partial charge in [0.05, 0.1) is 12.0 Å². The van der Waals surface area contributed by atoms with Crippen LogP contribution < -0.4 is 16.4 Å². The number of benzene rings is 1. The first kappa shape index (κ1) is 14.8. The van der Waals surface area contributed by atoms with Gasteiger partial charge in [0.25, 0.3) is 5.91 Å². The molecule has 5 N–H and O–H groups in total. The molecular weight excluding hydrogens is 274 g/mol. The fourth-order valence-corrected chi connectivity index (χ4v) is 2.43. The Balaban J connectivity index is 2.09. The molecule has 7 heteroatoms. The van der Waals surface area contributed by atoms with Crippen LogP contribution in [0, 0.1) is 0 Å². The van der Waals surface area contributed by atoms with Crippen molar-refractivity contribution in [2.45, 2.75) is 31.2 Å². The third-order valence-electron chi connectivity index (χ3n) is 3.57. The van der Waals surface area contributed by atoms with Gasteiger partial charge in [-0.05, 0) is 37.5 Å². The van der Waals surface area contributed by atoms with E-state index in [-0.39, 0.29) is 12.3 Å². The number of carbonyl (C=O) groups excluding carboxylic acids is 2. The van der Waals surface area contributed by atoms with Crippen LogP contribution in [0.2, 0.25) is 0 Å². The first-order valence-electron chi connectivity index (χ1n) is 6.61. The van der Waals surface area contributed by atoms with E-state index in [0.29, 0.717) is 24.1 Å². The molecule has 0 heterocycles. The van der Waals surface area contributed by atoms with Crippen molar-refractivity contribution in [1.82, 2.24) is 5.32 Å². The molecule has 2 rings (SSSR count). The molecule has 1 aliphatic carbocycles. The molecule has 112 valence electrons. The van der Waals surface area contributed by atoms with Crippen LogP contribution in [-0.2, 0) is 4.79 Å². The summed E-state index contributed by atoms with van der Waals surface area (Å²) in [6.07, 6.45) is 2.13. The van der Waals surface area contributed by atoms with Crippen LogP contribution in [0.25, 0.3) is 0 Å². The predicted molar refractivity (Wildman–Crippen MR) is 75.9 cm³/mol. The van der Waals surface area contributed by atoms with Gasteiger partial charge in [0.2, 0.25) is 0 Å². The molecule has 3 amide bonds. The standard InChI is InChI=1S/C14H17N3O4/c15-13(21)16-10-4-1-3-9(7-10)12(20)17-14(5-2-6-14)8-11(18)19/h1,3-4,7H,2,5-6,8H2,(H,17,20)(H,18,19)(H3,15,16,21). The average molecular weight is 291 g/mol. The van der Waals surface area contributed by atoms with E-state index in [4.69, 9.17) is 10.8 Å². The van der Waals surface area contributed by atoms with E-state index in [9.17, 15) is 14.4 Å². The Bertz CT molecular complexity index is 581. The summed E-state index contributed by atoms with van der Waals surface area (Å²) in [5, 5.41) is 14.1. The monoisotopic (exact) mass is 291 g/mol. The van der Waals surface area contributed by atoms with Crippen molar-refractivity contribution in [2.75, 3.05) is 5.32 Å². The van der Waals surface area contributed by atoms with Crippen molar-refractivity contribution in [2.24, 2.45) is 5.73 Å². The lowest BCUT2D eigenvalue weighted by Gasteiger charge is -2.41. The predicted octanol–water partition coefficient (Wildman–Crippen LogP) is 1.30. The van der Waals surface area contributed by atoms with Gasteiger partial charge in [-0.3, -0.25) is 9.59 Å². The average Bonchev–Trinajstić information content (AvgIpc) is 2.35. The van der Waals surface area contributed by atoms with Gasteiger partial charge in [0.1, 0.15) is 0 Å². The zero-order valence-electron chi connectivity index (χ0n) is 11.4. The van der Waals surface area contributed by atoms with Crippen molar-refractivity contribution in [3.05, 3.63) is 29.8 Å². The number of amides is 3. The summed E-state index contributed by atoms with van der Waals surface area (Å²) in [6, 6.07) is 5.60. The molecule has 0 spiro atoms. The Labute approximate surface area is 121 Å². The molecule has 0 atom stereocenters. The molecule has 1 aromatic carbocycles. The molecule has 1 fully saturated rings. The van der Waals surface area contributed by atoms with Crippen molar-refractivity contribution in [3.8, 4) is 0 Å². The number of anilines is 1. The Hall–Kier alpha value is -2.57. The molecule has 7 nitrogen and oxygen atoms in total. The number of nitrogens with two attached hydrogens (primary N) is 1. The minimum absolute atomic E-state index is 0.0854. The van der Waals surface area contributed by atoms with E-state index >= 15 is 0 Å². The summed E-state index contributed by atoms with van der Waals surface area (Å²) in [6.45, 7) is 0. The summed E-state index contributed by atoms with van der Waals surface area (Å²) in [4.78, 5) is 33.9. The third-order valence-corrected chi connectivity index (χ3v) is 3.57. The molecule has 0 bridgehead atoms. The highest BCUT2D eigenvalue weighted by atomic mass is 16.4.